The van der Waals surface area contributed by atoms with E-state index in [1.807, 2.05) is 37.3 Å². The zero-order chi connectivity index (χ0) is 25.3. The van der Waals surface area contributed by atoms with Crippen LogP contribution in [0.3, 0.4) is 0 Å². The summed E-state index contributed by atoms with van der Waals surface area (Å²) >= 11 is 0. The summed E-state index contributed by atoms with van der Waals surface area (Å²) < 4.78 is 22.5. The number of rotatable bonds is 11. The van der Waals surface area contributed by atoms with E-state index in [9.17, 15) is 9.59 Å². The average Bonchev–Trinajstić information content (AvgIpc) is 3.18. The number of carbonyl (C=O) groups is 2. The first-order chi connectivity index (χ1) is 17.6. The SMILES string of the molecule is COc1cc(/C=C2/C(=O)NN(c3ccccc3)C2=O)ccc1OCCOCCOc1ccccc1C. The third kappa shape index (κ3) is 6.03. The normalized spacial score (nSPS) is 14.2. The number of carbonyl (C=O) groups excluding carboxylic acids is 2. The van der Waals surface area contributed by atoms with Crippen molar-refractivity contribution >= 4 is 23.6 Å². The highest BCUT2D eigenvalue weighted by atomic mass is 16.6. The second-order valence-electron chi connectivity index (χ2n) is 7.96. The predicted octanol–water partition coefficient (Wildman–Crippen LogP) is 3.94. The smallest absolute Gasteiger partial charge is 0.282 e. The number of nitrogens with one attached hydrogen (secondary N) is 1. The van der Waals surface area contributed by atoms with E-state index < -0.39 is 11.8 Å². The molecule has 0 aliphatic carbocycles. The molecule has 36 heavy (non-hydrogen) atoms. The first-order valence-electron chi connectivity index (χ1n) is 11.6. The van der Waals surface area contributed by atoms with Crippen LogP contribution in [0.2, 0.25) is 0 Å². The second-order valence-corrected chi connectivity index (χ2v) is 7.96. The van der Waals surface area contributed by atoms with Crippen molar-refractivity contribution in [3.63, 3.8) is 0 Å². The number of methoxy groups -OCH3 is 1. The van der Waals surface area contributed by atoms with Crippen molar-refractivity contribution < 1.29 is 28.5 Å². The molecule has 3 aromatic carbocycles. The fraction of sp³-hybridized carbons (Fsp3) is 0.214. The van der Waals surface area contributed by atoms with Crippen LogP contribution in [0.5, 0.6) is 17.2 Å². The van der Waals surface area contributed by atoms with E-state index in [1.54, 1.807) is 42.5 Å². The number of anilines is 1. The Labute approximate surface area is 210 Å². The number of hydrogen-bond acceptors (Lipinski definition) is 6. The summed E-state index contributed by atoms with van der Waals surface area (Å²) in [4.78, 5) is 25.2. The van der Waals surface area contributed by atoms with Crippen LogP contribution in [-0.4, -0.2) is 45.4 Å². The molecule has 0 saturated carbocycles. The summed E-state index contributed by atoms with van der Waals surface area (Å²) in [6, 6.07) is 22.0. The van der Waals surface area contributed by atoms with Crippen LogP contribution < -0.4 is 24.6 Å². The monoisotopic (exact) mass is 488 g/mol. The maximum atomic E-state index is 12.8. The van der Waals surface area contributed by atoms with Gasteiger partial charge in [0.2, 0.25) is 0 Å². The maximum absolute atomic E-state index is 12.8. The molecular weight excluding hydrogens is 460 g/mol. The standard InChI is InChI=1S/C28H28N2O6/c1-20-8-6-7-11-24(20)35-16-14-34-15-17-36-25-13-12-21(19-26(25)33-2)18-23-27(31)29-30(28(23)32)22-9-4-3-5-10-22/h3-13,18-19H,14-17H2,1-2H3,(H,29,31)/b23-18-. The number of hydrogen-bond donors (Lipinski definition) is 1. The van der Waals surface area contributed by atoms with Crippen LogP contribution in [0.1, 0.15) is 11.1 Å². The summed E-state index contributed by atoms with van der Waals surface area (Å²) in [5.74, 6) is 0.980. The summed E-state index contributed by atoms with van der Waals surface area (Å²) in [5.41, 5.74) is 4.93. The Morgan fingerprint density at radius 2 is 1.50 bits per heavy atom. The maximum Gasteiger partial charge on any atom is 0.282 e. The van der Waals surface area contributed by atoms with Crippen molar-refractivity contribution in [3.05, 3.63) is 89.5 Å². The molecule has 0 spiro atoms. The first kappa shape index (κ1) is 24.8. The summed E-state index contributed by atoms with van der Waals surface area (Å²) in [7, 11) is 1.53. The fourth-order valence-electron chi connectivity index (χ4n) is 3.62. The molecule has 0 unspecified atom stereocenters. The van der Waals surface area contributed by atoms with Gasteiger partial charge in [-0.15, -0.1) is 0 Å². The zero-order valence-electron chi connectivity index (χ0n) is 20.2. The van der Waals surface area contributed by atoms with E-state index in [0.717, 1.165) is 11.3 Å². The van der Waals surface area contributed by atoms with Gasteiger partial charge in [0.25, 0.3) is 11.8 Å². The number of aryl methyl sites for hydroxylation is 1. The molecule has 1 aliphatic heterocycles. The number of nitrogens with zero attached hydrogens (tertiary/aromatic N) is 1. The van der Waals surface area contributed by atoms with E-state index in [1.165, 1.54) is 18.2 Å². The van der Waals surface area contributed by atoms with E-state index in [-0.39, 0.29) is 5.57 Å². The highest BCUT2D eigenvalue weighted by Crippen LogP contribution is 2.30. The molecule has 0 radical (unpaired) electrons. The van der Waals surface area contributed by atoms with Gasteiger partial charge in [-0.05, 0) is 54.5 Å². The van der Waals surface area contributed by atoms with Gasteiger partial charge in [0.05, 0.1) is 26.0 Å². The number of para-hydroxylation sites is 2. The molecule has 1 aliphatic rings. The zero-order valence-corrected chi connectivity index (χ0v) is 20.2. The number of ether oxygens (including phenoxy) is 4. The largest absolute Gasteiger partial charge is 0.493 e. The van der Waals surface area contributed by atoms with Gasteiger partial charge < -0.3 is 18.9 Å². The minimum atomic E-state index is -0.466. The Morgan fingerprint density at radius 1 is 0.806 bits per heavy atom. The van der Waals surface area contributed by atoms with E-state index in [4.69, 9.17) is 18.9 Å². The lowest BCUT2D eigenvalue weighted by atomic mass is 10.1. The highest BCUT2D eigenvalue weighted by molar-refractivity contribution is 6.31. The summed E-state index contributed by atoms with van der Waals surface area (Å²) in [6.45, 7) is 3.60. The summed E-state index contributed by atoms with van der Waals surface area (Å²) in [6.07, 6.45) is 1.53. The predicted molar refractivity (Wildman–Crippen MR) is 136 cm³/mol. The van der Waals surface area contributed by atoms with Crippen molar-refractivity contribution in [2.45, 2.75) is 6.92 Å². The molecule has 8 heteroatoms. The first-order valence-corrected chi connectivity index (χ1v) is 11.6. The molecule has 0 atom stereocenters. The van der Waals surface area contributed by atoms with Gasteiger partial charge in [-0.3, -0.25) is 15.0 Å². The van der Waals surface area contributed by atoms with Crippen LogP contribution in [0.15, 0.2) is 78.4 Å². The Morgan fingerprint density at radius 3 is 2.22 bits per heavy atom. The van der Waals surface area contributed by atoms with E-state index >= 15 is 0 Å². The number of amides is 2. The van der Waals surface area contributed by atoms with Crippen molar-refractivity contribution in [1.29, 1.82) is 0 Å². The lowest BCUT2D eigenvalue weighted by Crippen LogP contribution is -2.35. The topological polar surface area (TPSA) is 86.3 Å². The molecule has 0 bridgehead atoms. The van der Waals surface area contributed by atoms with E-state index in [0.29, 0.717) is 49.2 Å². The van der Waals surface area contributed by atoms with Crippen molar-refractivity contribution in [2.75, 3.05) is 38.5 Å². The molecular formula is C28H28N2O6. The minimum Gasteiger partial charge on any atom is -0.493 e. The van der Waals surface area contributed by atoms with Crippen LogP contribution >= 0.6 is 0 Å². The fourth-order valence-corrected chi connectivity index (χ4v) is 3.62. The van der Waals surface area contributed by atoms with Crippen LogP contribution in [0, 0.1) is 6.92 Å². The lowest BCUT2D eigenvalue weighted by molar-refractivity contribution is -0.117. The van der Waals surface area contributed by atoms with Gasteiger partial charge in [0.15, 0.2) is 11.5 Å². The third-order valence-electron chi connectivity index (χ3n) is 5.47. The van der Waals surface area contributed by atoms with Gasteiger partial charge in [-0.1, -0.05) is 42.5 Å². The van der Waals surface area contributed by atoms with Gasteiger partial charge >= 0.3 is 0 Å². The average molecular weight is 489 g/mol. The molecule has 1 heterocycles. The molecule has 4 rings (SSSR count). The van der Waals surface area contributed by atoms with Gasteiger partial charge in [0.1, 0.15) is 24.5 Å². The number of hydrazine groups is 1. The van der Waals surface area contributed by atoms with E-state index in [2.05, 4.69) is 5.43 Å². The second kappa shape index (κ2) is 11.9. The molecule has 1 fully saturated rings. The molecule has 2 amide bonds. The summed E-state index contributed by atoms with van der Waals surface area (Å²) in [5, 5.41) is 1.23. The Bertz CT molecular complexity index is 1240. The molecule has 8 nitrogen and oxygen atoms in total. The Kier molecular flexibility index (Phi) is 8.20. The highest BCUT2D eigenvalue weighted by Gasteiger charge is 2.34. The molecule has 1 saturated heterocycles. The van der Waals surface area contributed by atoms with Crippen LogP contribution in [0.4, 0.5) is 5.69 Å². The van der Waals surface area contributed by atoms with Crippen LogP contribution in [-0.2, 0) is 14.3 Å². The van der Waals surface area contributed by atoms with Crippen molar-refractivity contribution in [3.8, 4) is 17.2 Å². The van der Waals surface area contributed by atoms with Crippen molar-refractivity contribution in [1.82, 2.24) is 5.43 Å². The van der Waals surface area contributed by atoms with Crippen molar-refractivity contribution in [2.24, 2.45) is 0 Å². The number of benzene rings is 3. The third-order valence-corrected chi connectivity index (χ3v) is 5.47. The molecule has 186 valence electrons. The lowest BCUT2D eigenvalue weighted by Gasteiger charge is -2.14. The molecule has 0 aromatic heterocycles. The van der Waals surface area contributed by atoms with Gasteiger partial charge in [0, 0.05) is 0 Å². The Balaban J connectivity index is 1.29. The van der Waals surface area contributed by atoms with Gasteiger partial charge in [-0.2, -0.15) is 0 Å². The molecule has 3 aromatic rings. The van der Waals surface area contributed by atoms with Gasteiger partial charge in [-0.25, -0.2) is 5.01 Å². The Hall–Kier alpha value is -4.30. The quantitative estimate of drug-likeness (QED) is 0.250. The minimum absolute atomic E-state index is 0.0379. The molecule has 1 N–H and O–H groups in total. The van der Waals surface area contributed by atoms with Crippen LogP contribution in [0.25, 0.3) is 6.08 Å².